The molecule has 6 aromatic rings. The summed E-state index contributed by atoms with van der Waals surface area (Å²) in [6.07, 6.45) is 0.538. The van der Waals surface area contributed by atoms with Crippen molar-refractivity contribution in [3.05, 3.63) is 147 Å². The van der Waals surface area contributed by atoms with E-state index >= 15 is 0 Å². The van der Waals surface area contributed by atoms with Crippen LogP contribution in [0.2, 0.25) is 0 Å². The van der Waals surface area contributed by atoms with Gasteiger partial charge in [0.1, 0.15) is 5.75 Å². The number of nitrogens with zero attached hydrogens (tertiary/aromatic N) is 1. The Morgan fingerprint density at radius 1 is 0.850 bits per heavy atom. The molecule has 1 unspecified atom stereocenters. The molecule has 0 spiro atoms. The van der Waals surface area contributed by atoms with E-state index in [-0.39, 0.29) is 17.2 Å². The highest BCUT2D eigenvalue weighted by Gasteiger charge is 2.30. The summed E-state index contributed by atoms with van der Waals surface area (Å²) in [5.74, 6) is -0.714. The molecule has 2 aromatic heterocycles. The number of carbonyl (C=O) groups excluding carboxylic acids is 1. The van der Waals surface area contributed by atoms with Crippen molar-refractivity contribution in [2.45, 2.75) is 12.3 Å². The first-order chi connectivity index (χ1) is 19.5. The van der Waals surface area contributed by atoms with Crippen molar-refractivity contribution >= 4 is 27.7 Å². The van der Waals surface area contributed by atoms with Crippen LogP contribution in [0.15, 0.2) is 114 Å². The fourth-order valence-corrected chi connectivity index (χ4v) is 5.62. The highest BCUT2D eigenvalue weighted by Crippen LogP contribution is 2.40. The Balaban J connectivity index is 1.51. The number of aromatic nitrogens is 2. The molecule has 0 radical (unpaired) electrons. The van der Waals surface area contributed by atoms with E-state index < -0.39 is 5.92 Å². The number of hydrogen-bond donors (Lipinski definition) is 3. The van der Waals surface area contributed by atoms with Crippen LogP contribution in [0.1, 0.15) is 38.7 Å². The number of aromatic amines is 1. The monoisotopic (exact) mass is 527 g/mol. The first-order valence-corrected chi connectivity index (χ1v) is 13.3. The van der Waals surface area contributed by atoms with Crippen molar-refractivity contribution in [3.63, 3.8) is 0 Å². The number of amides is 1. The van der Waals surface area contributed by atoms with Gasteiger partial charge in [-0.1, -0.05) is 78.9 Å². The lowest BCUT2D eigenvalue weighted by molar-refractivity contribution is 0.0954. The van der Waals surface area contributed by atoms with Gasteiger partial charge >= 0.3 is 0 Å². The van der Waals surface area contributed by atoms with Gasteiger partial charge < -0.3 is 20.0 Å². The van der Waals surface area contributed by atoms with Crippen molar-refractivity contribution in [3.8, 4) is 5.75 Å². The van der Waals surface area contributed by atoms with Crippen LogP contribution in [0.3, 0.4) is 0 Å². The summed E-state index contributed by atoms with van der Waals surface area (Å²) >= 11 is 0. The normalized spacial score (nSPS) is 12.0. The Kier molecular flexibility index (Phi) is 6.66. The Labute approximate surface area is 231 Å². The number of nitrogens with one attached hydrogen (secondary N) is 2. The number of aromatic hydroxyl groups is 1. The molecule has 0 saturated carbocycles. The van der Waals surface area contributed by atoms with Gasteiger partial charge in [-0.15, -0.1) is 0 Å². The Morgan fingerprint density at radius 2 is 1.48 bits per heavy atom. The molecule has 2 heterocycles. The van der Waals surface area contributed by atoms with E-state index in [0.29, 0.717) is 35.0 Å². The van der Waals surface area contributed by atoms with Crippen molar-refractivity contribution in [1.29, 1.82) is 0 Å². The first-order valence-electron chi connectivity index (χ1n) is 13.3. The van der Waals surface area contributed by atoms with E-state index in [0.717, 1.165) is 27.7 Å². The minimum absolute atomic E-state index is 0.0189. The number of benzene rings is 4. The summed E-state index contributed by atoms with van der Waals surface area (Å²) in [7, 11) is 1.74. The molecule has 40 heavy (non-hydrogen) atoms. The van der Waals surface area contributed by atoms with E-state index in [2.05, 4.69) is 10.3 Å². The van der Waals surface area contributed by atoms with Crippen molar-refractivity contribution in [2.24, 2.45) is 7.05 Å². The number of hydrogen-bond acceptors (Lipinski definition) is 3. The van der Waals surface area contributed by atoms with Gasteiger partial charge in [-0.2, -0.15) is 0 Å². The largest absolute Gasteiger partial charge is 0.507 e. The second kappa shape index (κ2) is 10.6. The fourth-order valence-electron chi connectivity index (χ4n) is 5.62. The minimum atomic E-state index is -0.559. The van der Waals surface area contributed by atoms with Crippen LogP contribution >= 0.6 is 0 Å². The molecule has 1 amide bonds. The minimum Gasteiger partial charge on any atom is -0.507 e. The smallest absolute Gasteiger partial charge is 0.258 e. The van der Waals surface area contributed by atoms with Crippen molar-refractivity contribution in [2.75, 3.05) is 6.54 Å². The van der Waals surface area contributed by atoms with E-state index in [4.69, 9.17) is 0 Å². The van der Waals surface area contributed by atoms with Crippen LogP contribution in [0, 0.1) is 0 Å². The van der Waals surface area contributed by atoms with Gasteiger partial charge in [0.2, 0.25) is 0 Å². The number of rotatable bonds is 7. The molecule has 0 aliphatic rings. The number of fused-ring (bicyclic) bond motifs is 2. The topological polar surface area (TPSA) is 87.1 Å². The average molecular weight is 528 g/mol. The van der Waals surface area contributed by atoms with Gasteiger partial charge in [0.05, 0.1) is 17.0 Å². The molecule has 0 saturated heterocycles. The third kappa shape index (κ3) is 4.43. The molecule has 0 aliphatic carbocycles. The SMILES string of the molecule is Cn1c(=O)c(C(c2ccccc2)c2[nH]c3ccccc3c2CCNC(=O)c2ccccc2)c(O)c2ccccc21. The van der Waals surface area contributed by atoms with E-state index in [1.807, 2.05) is 97.1 Å². The summed E-state index contributed by atoms with van der Waals surface area (Å²) in [5, 5.41) is 16.3. The summed E-state index contributed by atoms with van der Waals surface area (Å²) in [6, 6.07) is 34.3. The Hall–Kier alpha value is -5.10. The fraction of sp³-hybridized carbons (Fsp3) is 0.118. The van der Waals surface area contributed by atoms with Gasteiger partial charge in [0.25, 0.3) is 11.5 Å². The van der Waals surface area contributed by atoms with Crippen molar-refractivity contribution < 1.29 is 9.90 Å². The maximum atomic E-state index is 13.9. The average Bonchev–Trinajstić information content (AvgIpc) is 3.36. The molecule has 6 heteroatoms. The lowest BCUT2D eigenvalue weighted by Gasteiger charge is -2.22. The van der Waals surface area contributed by atoms with Crippen LogP contribution < -0.4 is 10.9 Å². The second-order valence-corrected chi connectivity index (χ2v) is 9.92. The maximum Gasteiger partial charge on any atom is 0.258 e. The van der Waals surface area contributed by atoms with Crippen LogP contribution in [-0.4, -0.2) is 27.1 Å². The van der Waals surface area contributed by atoms with Gasteiger partial charge in [-0.3, -0.25) is 9.59 Å². The predicted molar refractivity (Wildman–Crippen MR) is 159 cm³/mol. The summed E-state index contributed by atoms with van der Waals surface area (Å²) < 4.78 is 1.60. The third-order valence-corrected chi connectivity index (χ3v) is 7.56. The number of pyridine rings is 1. The van der Waals surface area contributed by atoms with E-state index in [1.54, 1.807) is 23.7 Å². The van der Waals surface area contributed by atoms with Crippen LogP contribution in [0.4, 0.5) is 0 Å². The molecule has 198 valence electrons. The molecule has 1 atom stereocenters. The summed E-state index contributed by atoms with van der Waals surface area (Å²) in [4.78, 5) is 30.2. The Bertz CT molecular complexity index is 1890. The van der Waals surface area contributed by atoms with Crippen LogP contribution in [0.5, 0.6) is 5.75 Å². The standard InChI is InChI=1S/C34H29N3O3/c1-37-28-19-11-9-17-26(28)32(38)30(34(37)40)29(22-12-4-2-5-13-22)31-25(24-16-8-10-18-27(24)36-31)20-21-35-33(39)23-14-6-3-7-15-23/h2-19,29,36,38H,20-21H2,1H3,(H,35,39). The zero-order valence-corrected chi connectivity index (χ0v) is 22.1. The number of aryl methyl sites for hydroxylation is 1. The second-order valence-electron chi connectivity index (χ2n) is 9.92. The van der Waals surface area contributed by atoms with Crippen LogP contribution in [-0.2, 0) is 13.5 Å². The summed E-state index contributed by atoms with van der Waals surface area (Å²) in [6.45, 7) is 0.409. The molecule has 3 N–H and O–H groups in total. The quantitative estimate of drug-likeness (QED) is 0.242. The maximum absolute atomic E-state index is 13.9. The highest BCUT2D eigenvalue weighted by molar-refractivity contribution is 5.94. The molecule has 6 rings (SSSR count). The van der Waals surface area contributed by atoms with Gasteiger partial charge in [0, 0.05) is 41.1 Å². The lowest BCUT2D eigenvalue weighted by Crippen LogP contribution is -2.27. The zero-order chi connectivity index (χ0) is 27.6. The first kappa shape index (κ1) is 25.2. The predicted octanol–water partition coefficient (Wildman–Crippen LogP) is 5.88. The Morgan fingerprint density at radius 3 is 2.23 bits per heavy atom. The van der Waals surface area contributed by atoms with Gasteiger partial charge in [0.15, 0.2) is 0 Å². The third-order valence-electron chi connectivity index (χ3n) is 7.56. The molecular weight excluding hydrogens is 498 g/mol. The highest BCUT2D eigenvalue weighted by atomic mass is 16.3. The zero-order valence-electron chi connectivity index (χ0n) is 22.1. The number of para-hydroxylation sites is 2. The molecule has 0 fully saturated rings. The van der Waals surface area contributed by atoms with E-state index in [1.165, 1.54) is 0 Å². The van der Waals surface area contributed by atoms with Crippen LogP contribution in [0.25, 0.3) is 21.8 Å². The lowest BCUT2D eigenvalue weighted by atomic mass is 9.85. The molecule has 4 aromatic carbocycles. The number of H-pyrrole nitrogens is 1. The van der Waals surface area contributed by atoms with E-state index in [9.17, 15) is 14.7 Å². The van der Waals surface area contributed by atoms with Gasteiger partial charge in [-0.25, -0.2) is 0 Å². The molecule has 6 nitrogen and oxygen atoms in total. The summed E-state index contributed by atoms with van der Waals surface area (Å²) in [5.41, 5.74) is 4.96. The molecule has 0 bridgehead atoms. The van der Waals surface area contributed by atoms with Crippen molar-refractivity contribution in [1.82, 2.24) is 14.9 Å². The number of carbonyl (C=O) groups is 1. The van der Waals surface area contributed by atoms with Gasteiger partial charge in [-0.05, 0) is 47.9 Å². The molecule has 0 aliphatic heterocycles. The molecular formula is C34H29N3O3.